The lowest BCUT2D eigenvalue weighted by molar-refractivity contribution is 0.0345. The Morgan fingerprint density at radius 2 is 1.57 bits per heavy atom. The van der Waals surface area contributed by atoms with Gasteiger partial charge >= 0.3 is 0 Å². The molecule has 1 aromatic heterocycles. The Kier molecular flexibility index (Phi) is 4.22. The maximum atomic E-state index is 14.3. The van der Waals surface area contributed by atoms with Crippen LogP contribution in [0.5, 0.6) is 0 Å². The van der Waals surface area contributed by atoms with Crippen LogP contribution in [0.2, 0.25) is 0 Å². The largest absolute Gasteiger partial charge is 0.384 e. The highest BCUT2D eigenvalue weighted by molar-refractivity contribution is 5.37. The summed E-state index contributed by atoms with van der Waals surface area (Å²) in [6.07, 6.45) is 1.68. The zero-order valence-electron chi connectivity index (χ0n) is 12.9. The number of halogens is 1. The van der Waals surface area contributed by atoms with E-state index in [0.29, 0.717) is 5.69 Å². The van der Waals surface area contributed by atoms with Crippen LogP contribution in [-0.2, 0) is 5.60 Å². The van der Waals surface area contributed by atoms with Crippen molar-refractivity contribution in [1.82, 2.24) is 4.98 Å². The maximum absolute atomic E-state index is 14.3. The van der Waals surface area contributed by atoms with Crippen molar-refractivity contribution in [3.63, 3.8) is 0 Å². The van der Waals surface area contributed by atoms with Crippen molar-refractivity contribution in [2.45, 2.75) is 18.4 Å². The summed E-state index contributed by atoms with van der Waals surface area (Å²) in [6.45, 7) is 1.64. The first kappa shape index (κ1) is 15.4. The van der Waals surface area contributed by atoms with Crippen molar-refractivity contribution in [2.75, 3.05) is 0 Å². The number of benzene rings is 2. The Morgan fingerprint density at radius 1 is 0.913 bits per heavy atom. The lowest BCUT2D eigenvalue weighted by Gasteiger charge is -2.33. The third kappa shape index (κ3) is 3.01. The topological polar surface area (TPSA) is 33.1 Å². The molecule has 0 radical (unpaired) electrons. The average molecular weight is 307 g/mol. The first-order chi connectivity index (χ1) is 11.1. The number of pyridine rings is 1. The van der Waals surface area contributed by atoms with Gasteiger partial charge in [-0.1, -0.05) is 54.6 Å². The third-order valence-corrected chi connectivity index (χ3v) is 4.10. The molecule has 116 valence electrons. The minimum Gasteiger partial charge on any atom is -0.384 e. The number of hydrogen-bond donors (Lipinski definition) is 1. The molecular weight excluding hydrogens is 289 g/mol. The van der Waals surface area contributed by atoms with Gasteiger partial charge in [0.1, 0.15) is 11.4 Å². The van der Waals surface area contributed by atoms with Crippen LogP contribution in [0.3, 0.4) is 0 Å². The lowest BCUT2D eigenvalue weighted by Crippen LogP contribution is -2.32. The number of aliphatic hydroxyl groups is 1. The fourth-order valence-corrected chi connectivity index (χ4v) is 3.00. The van der Waals surface area contributed by atoms with E-state index in [-0.39, 0.29) is 5.56 Å². The van der Waals surface area contributed by atoms with Crippen molar-refractivity contribution in [2.24, 2.45) is 0 Å². The molecule has 1 N–H and O–H groups in total. The summed E-state index contributed by atoms with van der Waals surface area (Å²) >= 11 is 0. The second-order valence-electron chi connectivity index (χ2n) is 5.73. The zero-order valence-corrected chi connectivity index (χ0v) is 12.9. The van der Waals surface area contributed by atoms with Crippen LogP contribution in [0.4, 0.5) is 4.39 Å². The minimum atomic E-state index is -1.43. The van der Waals surface area contributed by atoms with Crippen LogP contribution in [-0.4, -0.2) is 10.1 Å². The van der Waals surface area contributed by atoms with Gasteiger partial charge in [0.2, 0.25) is 0 Å². The highest BCUT2D eigenvalue weighted by atomic mass is 19.1. The van der Waals surface area contributed by atoms with E-state index in [4.69, 9.17) is 0 Å². The number of aromatic nitrogens is 1. The van der Waals surface area contributed by atoms with Gasteiger partial charge in [-0.3, -0.25) is 4.98 Å². The monoisotopic (exact) mass is 307 g/mol. The molecule has 2 atom stereocenters. The van der Waals surface area contributed by atoms with Crippen LogP contribution in [0.1, 0.15) is 29.7 Å². The molecule has 0 fully saturated rings. The van der Waals surface area contributed by atoms with Gasteiger partial charge in [-0.15, -0.1) is 0 Å². The first-order valence-corrected chi connectivity index (χ1v) is 7.54. The second-order valence-corrected chi connectivity index (χ2v) is 5.73. The van der Waals surface area contributed by atoms with Crippen molar-refractivity contribution in [3.8, 4) is 0 Å². The van der Waals surface area contributed by atoms with Crippen molar-refractivity contribution in [1.29, 1.82) is 0 Å². The van der Waals surface area contributed by atoms with E-state index in [1.807, 2.05) is 48.5 Å². The normalized spacial score (nSPS) is 14.9. The minimum absolute atomic E-state index is 0.263. The molecule has 0 bridgehead atoms. The van der Waals surface area contributed by atoms with E-state index in [1.165, 1.54) is 6.07 Å². The van der Waals surface area contributed by atoms with Gasteiger partial charge in [-0.2, -0.15) is 0 Å². The summed E-state index contributed by atoms with van der Waals surface area (Å²) in [5.74, 6) is -0.892. The van der Waals surface area contributed by atoms with Gasteiger partial charge in [-0.05, 0) is 30.7 Å². The molecule has 3 heteroatoms. The molecule has 0 unspecified atom stereocenters. The van der Waals surface area contributed by atoms with Crippen LogP contribution in [0.15, 0.2) is 79.0 Å². The van der Waals surface area contributed by atoms with Crippen LogP contribution in [0.25, 0.3) is 0 Å². The summed E-state index contributed by atoms with van der Waals surface area (Å²) in [7, 11) is 0. The lowest BCUT2D eigenvalue weighted by atomic mass is 9.76. The highest BCUT2D eigenvalue weighted by Gasteiger charge is 2.38. The molecule has 2 aromatic carbocycles. The molecule has 0 aliphatic heterocycles. The van der Waals surface area contributed by atoms with Crippen molar-refractivity contribution >= 4 is 0 Å². The molecule has 0 spiro atoms. The van der Waals surface area contributed by atoms with Gasteiger partial charge in [0, 0.05) is 11.8 Å². The predicted octanol–water partition coefficient (Wildman–Crippen LogP) is 4.26. The standard InChI is InChI=1S/C20H18FNO/c1-20(23,16-11-5-6-12-17(16)21)19(15-9-3-2-4-10-15)18-13-7-8-14-22-18/h2-14,19,23H,1H3/t19-,20-/m1/s1. The molecule has 0 aliphatic rings. The van der Waals surface area contributed by atoms with Crippen LogP contribution in [0, 0.1) is 5.82 Å². The van der Waals surface area contributed by atoms with Gasteiger partial charge in [-0.25, -0.2) is 4.39 Å². The Morgan fingerprint density at radius 3 is 2.22 bits per heavy atom. The van der Waals surface area contributed by atoms with Crippen molar-refractivity contribution in [3.05, 3.63) is 102 Å². The quantitative estimate of drug-likeness (QED) is 0.781. The Balaban J connectivity index is 2.18. The molecule has 0 aliphatic carbocycles. The number of nitrogens with zero attached hydrogens (tertiary/aromatic N) is 1. The number of hydrogen-bond acceptors (Lipinski definition) is 2. The van der Waals surface area contributed by atoms with E-state index in [1.54, 1.807) is 31.3 Å². The molecular formula is C20H18FNO. The Bertz CT molecular complexity index is 732. The molecule has 0 saturated carbocycles. The summed E-state index contributed by atoms with van der Waals surface area (Å²) in [4.78, 5) is 4.39. The van der Waals surface area contributed by atoms with E-state index in [0.717, 1.165) is 5.56 Å². The van der Waals surface area contributed by atoms with Crippen LogP contribution < -0.4 is 0 Å². The SMILES string of the molecule is C[C@@](O)(c1ccccc1F)[C@H](c1ccccc1)c1ccccn1. The molecule has 0 saturated heterocycles. The highest BCUT2D eigenvalue weighted by Crippen LogP contribution is 2.41. The summed E-state index contributed by atoms with van der Waals surface area (Å²) in [5, 5.41) is 11.3. The summed E-state index contributed by atoms with van der Waals surface area (Å²) in [5.41, 5.74) is 0.423. The van der Waals surface area contributed by atoms with E-state index < -0.39 is 17.3 Å². The van der Waals surface area contributed by atoms with Crippen LogP contribution >= 0.6 is 0 Å². The van der Waals surface area contributed by atoms with Crippen molar-refractivity contribution < 1.29 is 9.50 Å². The zero-order chi connectivity index (χ0) is 16.3. The molecule has 3 rings (SSSR count). The predicted molar refractivity (Wildman–Crippen MR) is 88.5 cm³/mol. The van der Waals surface area contributed by atoms with Gasteiger partial charge in [0.25, 0.3) is 0 Å². The Labute approximate surface area is 135 Å². The van der Waals surface area contributed by atoms with Gasteiger partial charge in [0.05, 0.1) is 11.6 Å². The molecule has 1 heterocycles. The fourth-order valence-electron chi connectivity index (χ4n) is 3.00. The Hall–Kier alpha value is -2.52. The molecule has 23 heavy (non-hydrogen) atoms. The van der Waals surface area contributed by atoms with Gasteiger partial charge < -0.3 is 5.11 Å². The number of rotatable bonds is 4. The molecule has 0 amide bonds. The molecule has 2 nitrogen and oxygen atoms in total. The fraction of sp³-hybridized carbons (Fsp3) is 0.150. The maximum Gasteiger partial charge on any atom is 0.129 e. The van der Waals surface area contributed by atoms with E-state index in [2.05, 4.69) is 4.98 Å². The first-order valence-electron chi connectivity index (χ1n) is 7.54. The summed E-state index contributed by atoms with van der Waals surface area (Å²) < 4.78 is 14.3. The summed E-state index contributed by atoms with van der Waals surface area (Å²) in [6, 6.07) is 21.5. The van der Waals surface area contributed by atoms with E-state index >= 15 is 0 Å². The molecule has 3 aromatic rings. The smallest absolute Gasteiger partial charge is 0.129 e. The van der Waals surface area contributed by atoms with E-state index in [9.17, 15) is 9.50 Å². The second kappa shape index (κ2) is 6.31. The third-order valence-electron chi connectivity index (χ3n) is 4.10. The average Bonchev–Trinajstić information content (AvgIpc) is 2.57. The van der Waals surface area contributed by atoms with Gasteiger partial charge in [0.15, 0.2) is 0 Å².